The van der Waals surface area contributed by atoms with Gasteiger partial charge in [-0.25, -0.2) is 18.0 Å². The van der Waals surface area contributed by atoms with Crippen molar-refractivity contribution >= 4 is 40.1 Å². The van der Waals surface area contributed by atoms with Crippen LogP contribution in [0.3, 0.4) is 0 Å². The first-order valence-corrected chi connectivity index (χ1v) is 12.8. The molecule has 4 aromatic rings. The zero-order valence-corrected chi connectivity index (χ0v) is 22.4. The van der Waals surface area contributed by atoms with E-state index in [0.717, 1.165) is 24.3 Å². The lowest BCUT2D eigenvalue weighted by atomic mass is 9.95. The molecule has 232 valence electrons. The number of aryl methyl sites for hydroxylation is 1. The van der Waals surface area contributed by atoms with Gasteiger partial charge in [0.1, 0.15) is 11.6 Å². The molecule has 0 fully saturated rings. The number of hydrogen-bond donors (Lipinski definition) is 2. The highest BCUT2D eigenvalue weighted by atomic mass is 35.5. The van der Waals surface area contributed by atoms with E-state index in [-0.39, 0.29) is 22.2 Å². The van der Waals surface area contributed by atoms with E-state index in [1.54, 1.807) is 0 Å². The van der Waals surface area contributed by atoms with Crippen LogP contribution in [-0.2, 0) is 19.5 Å². The van der Waals surface area contributed by atoms with Gasteiger partial charge in [0, 0.05) is 33.9 Å². The number of halogens is 10. The standard InChI is InChI=1S/C27H16ClF9N4O3/c28-16-2-1-13(30)8-15(16)21-19-17(38-23(42)11-5-12(27(35,36)37)7-14(31)6-11)9-18-22(20(19)24(43)39-21)41(10-29)25(44)40(18)4-3-26(32,33)34/h1-2,5-9,21H,3-4,10H2,(H,38,42)(H,39,43). The van der Waals surface area contributed by atoms with Crippen molar-refractivity contribution < 1.29 is 49.1 Å². The smallest absolute Gasteiger partial charge is 0.341 e. The van der Waals surface area contributed by atoms with Crippen LogP contribution in [0.2, 0.25) is 5.02 Å². The molecular formula is C27H16ClF9N4O3. The Kier molecular flexibility index (Phi) is 7.68. The van der Waals surface area contributed by atoms with E-state index in [0.29, 0.717) is 21.3 Å². The van der Waals surface area contributed by atoms with Crippen LogP contribution in [-0.4, -0.2) is 27.1 Å². The number of imidazole rings is 1. The summed E-state index contributed by atoms with van der Waals surface area (Å²) in [6.07, 6.45) is -11.4. The van der Waals surface area contributed by atoms with E-state index in [1.807, 2.05) is 0 Å². The normalized spacial score (nSPS) is 15.0. The number of carbonyl (C=O) groups is 2. The molecule has 1 aliphatic rings. The summed E-state index contributed by atoms with van der Waals surface area (Å²) in [7, 11) is 0. The number of anilines is 1. The van der Waals surface area contributed by atoms with Crippen LogP contribution < -0.4 is 16.3 Å². The molecule has 44 heavy (non-hydrogen) atoms. The van der Waals surface area contributed by atoms with Gasteiger partial charge in [0.15, 0.2) is 6.80 Å². The van der Waals surface area contributed by atoms with Crippen molar-refractivity contribution in [3.05, 3.63) is 97.4 Å². The average Bonchev–Trinajstić information content (AvgIpc) is 3.40. The van der Waals surface area contributed by atoms with Crippen molar-refractivity contribution in [2.75, 3.05) is 5.32 Å². The highest BCUT2D eigenvalue weighted by molar-refractivity contribution is 6.31. The first-order chi connectivity index (χ1) is 20.5. The minimum Gasteiger partial charge on any atom is -0.341 e. The van der Waals surface area contributed by atoms with Gasteiger partial charge in [-0.05, 0) is 42.5 Å². The molecule has 3 aromatic carbocycles. The van der Waals surface area contributed by atoms with Crippen molar-refractivity contribution in [1.82, 2.24) is 14.5 Å². The van der Waals surface area contributed by atoms with Crippen LogP contribution >= 0.6 is 11.6 Å². The molecule has 0 spiro atoms. The molecule has 2 amide bonds. The topological polar surface area (TPSA) is 85.1 Å². The van der Waals surface area contributed by atoms with Gasteiger partial charge in [-0.2, -0.15) is 26.3 Å². The molecule has 17 heteroatoms. The molecule has 0 saturated heterocycles. The molecule has 1 unspecified atom stereocenters. The number of benzene rings is 3. The van der Waals surface area contributed by atoms with Crippen molar-refractivity contribution in [3.63, 3.8) is 0 Å². The zero-order chi connectivity index (χ0) is 32.3. The Hall–Kier alpha value is -4.47. The van der Waals surface area contributed by atoms with Crippen LogP contribution in [0, 0.1) is 11.6 Å². The summed E-state index contributed by atoms with van der Waals surface area (Å²) < 4.78 is 122. The average molecular weight is 651 g/mol. The fourth-order valence-corrected chi connectivity index (χ4v) is 5.25. The maximum atomic E-state index is 14.2. The fourth-order valence-electron chi connectivity index (χ4n) is 5.02. The number of nitrogens with zero attached hydrogens (tertiary/aromatic N) is 2. The van der Waals surface area contributed by atoms with Crippen LogP contribution in [0.25, 0.3) is 11.0 Å². The second-order valence-electron chi connectivity index (χ2n) is 9.68. The number of nitrogens with one attached hydrogen (secondary N) is 2. The van der Waals surface area contributed by atoms with E-state index in [4.69, 9.17) is 11.6 Å². The molecule has 5 rings (SSSR count). The monoisotopic (exact) mass is 650 g/mol. The lowest BCUT2D eigenvalue weighted by Crippen LogP contribution is -2.26. The van der Waals surface area contributed by atoms with E-state index < -0.39 is 101 Å². The third-order valence-corrected chi connectivity index (χ3v) is 7.22. The molecule has 1 atom stereocenters. The summed E-state index contributed by atoms with van der Waals surface area (Å²) in [5, 5.41) is 4.56. The number of amides is 2. The molecule has 2 N–H and O–H groups in total. The van der Waals surface area contributed by atoms with Gasteiger partial charge in [-0.3, -0.25) is 18.7 Å². The van der Waals surface area contributed by atoms with Gasteiger partial charge >= 0.3 is 18.0 Å². The lowest BCUT2D eigenvalue weighted by molar-refractivity contribution is -0.138. The Balaban J connectivity index is 1.77. The largest absolute Gasteiger partial charge is 0.416 e. The van der Waals surface area contributed by atoms with Gasteiger partial charge in [0.25, 0.3) is 11.8 Å². The highest BCUT2D eigenvalue weighted by Gasteiger charge is 2.39. The third-order valence-electron chi connectivity index (χ3n) is 6.88. The number of fused-ring (bicyclic) bond motifs is 3. The van der Waals surface area contributed by atoms with E-state index in [1.165, 1.54) is 0 Å². The minimum atomic E-state index is -5.04. The summed E-state index contributed by atoms with van der Waals surface area (Å²) in [5.74, 6) is -4.62. The Bertz CT molecular complexity index is 1900. The van der Waals surface area contributed by atoms with Crippen LogP contribution in [0.5, 0.6) is 0 Å². The Morgan fingerprint density at radius 1 is 0.955 bits per heavy atom. The molecule has 0 bridgehead atoms. The van der Waals surface area contributed by atoms with Crippen LogP contribution in [0.4, 0.5) is 45.2 Å². The summed E-state index contributed by atoms with van der Waals surface area (Å²) in [5.41, 5.74) is -5.83. The number of hydrogen-bond acceptors (Lipinski definition) is 3. The molecule has 1 aromatic heterocycles. The van der Waals surface area contributed by atoms with E-state index in [2.05, 4.69) is 10.6 Å². The fraction of sp³-hybridized carbons (Fsp3) is 0.222. The molecule has 0 aliphatic carbocycles. The Labute approximate surface area is 244 Å². The number of aromatic nitrogens is 2. The molecule has 0 radical (unpaired) electrons. The van der Waals surface area contributed by atoms with Gasteiger partial charge in [-0.1, -0.05) is 11.6 Å². The number of carbonyl (C=O) groups excluding carboxylic acids is 2. The number of rotatable bonds is 6. The molecule has 1 aliphatic heterocycles. The summed E-state index contributed by atoms with van der Waals surface area (Å²) >= 11 is 6.23. The maximum Gasteiger partial charge on any atom is 0.416 e. The summed E-state index contributed by atoms with van der Waals surface area (Å²) in [6, 6.07) is 3.50. The third kappa shape index (κ3) is 5.60. The van der Waals surface area contributed by atoms with Gasteiger partial charge < -0.3 is 10.6 Å². The quantitative estimate of drug-likeness (QED) is 0.227. The molecule has 2 heterocycles. The first-order valence-electron chi connectivity index (χ1n) is 12.4. The zero-order valence-electron chi connectivity index (χ0n) is 21.6. The first kappa shape index (κ1) is 31.0. The molecular weight excluding hydrogens is 635 g/mol. The van der Waals surface area contributed by atoms with Crippen molar-refractivity contribution in [3.8, 4) is 0 Å². The van der Waals surface area contributed by atoms with Crippen LogP contribution in [0.15, 0.2) is 47.3 Å². The predicted molar refractivity (Wildman–Crippen MR) is 138 cm³/mol. The molecule has 7 nitrogen and oxygen atoms in total. The molecule has 0 saturated carbocycles. The SMILES string of the molecule is O=C(Nc1cc2c(c3c1C(c1cc(F)ccc1Cl)NC3=O)n(CF)c(=O)n2CCC(F)(F)F)c1cc(F)cc(C(F)(F)F)c1. The van der Waals surface area contributed by atoms with E-state index in [9.17, 15) is 53.9 Å². The summed E-state index contributed by atoms with van der Waals surface area (Å²) in [4.78, 5) is 39.5. The van der Waals surface area contributed by atoms with Crippen LogP contribution in [0.1, 0.15) is 49.9 Å². The van der Waals surface area contributed by atoms with Crippen molar-refractivity contribution in [2.45, 2.75) is 38.2 Å². The van der Waals surface area contributed by atoms with Crippen molar-refractivity contribution in [2.24, 2.45) is 0 Å². The second-order valence-corrected chi connectivity index (χ2v) is 10.1. The van der Waals surface area contributed by atoms with Gasteiger partial charge in [-0.15, -0.1) is 0 Å². The van der Waals surface area contributed by atoms with Gasteiger partial charge in [0.05, 0.1) is 34.6 Å². The highest BCUT2D eigenvalue weighted by Crippen LogP contribution is 2.43. The Morgan fingerprint density at radius 3 is 2.30 bits per heavy atom. The Morgan fingerprint density at radius 2 is 1.66 bits per heavy atom. The lowest BCUT2D eigenvalue weighted by Gasteiger charge is -2.19. The maximum absolute atomic E-state index is 14.2. The van der Waals surface area contributed by atoms with Gasteiger partial charge in [0.2, 0.25) is 0 Å². The van der Waals surface area contributed by atoms with E-state index >= 15 is 0 Å². The summed E-state index contributed by atoms with van der Waals surface area (Å²) in [6.45, 7) is -2.62. The number of alkyl halides is 7. The predicted octanol–water partition coefficient (Wildman–Crippen LogP) is 6.72. The second kappa shape index (κ2) is 10.9. The van der Waals surface area contributed by atoms with Crippen molar-refractivity contribution in [1.29, 1.82) is 0 Å². The minimum absolute atomic E-state index is 0.0932.